The summed E-state index contributed by atoms with van der Waals surface area (Å²) in [5, 5.41) is 12.8. The molecule has 0 aromatic heterocycles. The highest BCUT2D eigenvalue weighted by Crippen LogP contribution is 2.28. The lowest BCUT2D eigenvalue weighted by molar-refractivity contribution is 0.106. The summed E-state index contributed by atoms with van der Waals surface area (Å²) in [7, 11) is 0. The maximum atomic E-state index is 9.74. The lowest BCUT2D eigenvalue weighted by atomic mass is 9.98. The first kappa shape index (κ1) is 15.0. The highest BCUT2D eigenvalue weighted by Gasteiger charge is 2.11. The van der Waals surface area contributed by atoms with Crippen LogP contribution in [0.25, 0.3) is 0 Å². The van der Waals surface area contributed by atoms with E-state index in [9.17, 15) is 5.11 Å². The van der Waals surface area contributed by atoms with E-state index < -0.39 is 6.10 Å². The largest absolute Gasteiger partial charge is 0.491 e. The van der Waals surface area contributed by atoms with E-state index in [1.807, 2.05) is 25.1 Å². The minimum atomic E-state index is -0.463. The lowest BCUT2D eigenvalue weighted by Crippen LogP contribution is -2.31. The first-order chi connectivity index (χ1) is 8.69. The van der Waals surface area contributed by atoms with Gasteiger partial charge < -0.3 is 15.2 Å². The second-order valence-electron chi connectivity index (χ2n) is 4.62. The van der Waals surface area contributed by atoms with Gasteiger partial charge in [0, 0.05) is 6.54 Å². The van der Waals surface area contributed by atoms with E-state index in [0.717, 1.165) is 18.7 Å². The molecule has 3 heteroatoms. The van der Waals surface area contributed by atoms with Gasteiger partial charge in [0.1, 0.15) is 18.5 Å². The molecule has 1 aromatic rings. The third-order valence-electron chi connectivity index (χ3n) is 3.12. The molecule has 102 valence electrons. The average molecular weight is 251 g/mol. The number of rotatable bonds is 8. The van der Waals surface area contributed by atoms with Crippen molar-refractivity contribution in [2.75, 3.05) is 19.7 Å². The van der Waals surface area contributed by atoms with E-state index in [-0.39, 0.29) is 0 Å². The number of aliphatic hydroxyl groups is 1. The van der Waals surface area contributed by atoms with Gasteiger partial charge in [-0.15, -0.1) is 0 Å². The molecule has 0 aliphatic carbocycles. The molecular formula is C15H25NO2. The van der Waals surface area contributed by atoms with Crippen LogP contribution in [-0.2, 0) is 0 Å². The molecule has 18 heavy (non-hydrogen) atoms. The molecule has 0 radical (unpaired) electrons. The molecule has 0 aliphatic rings. The summed E-state index contributed by atoms with van der Waals surface area (Å²) in [6, 6.07) is 8.07. The van der Waals surface area contributed by atoms with Crippen LogP contribution in [0.1, 0.15) is 38.7 Å². The first-order valence-corrected chi connectivity index (χ1v) is 6.79. The molecule has 2 unspecified atom stereocenters. The number of para-hydroxylation sites is 1. The fraction of sp³-hybridized carbons (Fsp3) is 0.600. The molecule has 0 bridgehead atoms. The summed E-state index contributed by atoms with van der Waals surface area (Å²) in [6.45, 7) is 8.15. The molecule has 0 aliphatic heterocycles. The zero-order valence-electron chi connectivity index (χ0n) is 11.6. The summed E-state index contributed by atoms with van der Waals surface area (Å²) in [6.07, 6.45) is 0.621. The third kappa shape index (κ3) is 4.67. The van der Waals surface area contributed by atoms with Crippen LogP contribution >= 0.6 is 0 Å². The van der Waals surface area contributed by atoms with Crippen LogP contribution in [0.2, 0.25) is 0 Å². The van der Waals surface area contributed by atoms with Gasteiger partial charge in [-0.05, 0) is 30.5 Å². The average Bonchev–Trinajstić information content (AvgIpc) is 2.42. The summed E-state index contributed by atoms with van der Waals surface area (Å²) >= 11 is 0. The maximum Gasteiger partial charge on any atom is 0.122 e. The van der Waals surface area contributed by atoms with Gasteiger partial charge in [-0.25, -0.2) is 0 Å². The van der Waals surface area contributed by atoms with Crippen molar-refractivity contribution < 1.29 is 9.84 Å². The van der Waals surface area contributed by atoms with Gasteiger partial charge in [-0.3, -0.25) is 0 Å². The molecule has 1 rings (SSSR count). The predicted octanol–water partition coefficient (Wildman–Crippen LogP) is 2.55. The van der Waals surface area contributed by atoms with E-state index in [1.54, 1.807) is 0 Å². The van der Waals surface area contributed by atoms with Crippen LogP contribution in [0.15, 0.2) is 24.3 Å². The Balaban J connectivity index is 2.56. The van der Waals surface area contributed by atoms with Gasteiger partial charge in [-0.2, -0.15) is 0 Å². The Morgan fingerprint density at radius 1 is 1.28 bits per heavy atom. The van der Waals surface area contributed by atoms with Crippen molar-refractivity contribution in [3.8, 4) is 5.75 Å². The van der Waals surface area contributed by atoms with E-state index in [1.165, 1.54) is 5.56 Å². The van der Waals surface area contributed by atoms with Gasteiger partial charge in [-0.1, -0.05) is 39.0 Å². The van der Waals surface area contributed by atoms with Crippen molar-refractivity contribution in [1.29, 1.82) is 0 Å². The predicted molar refractivity (Wildman–Crippen MR) is 75.2 cm³/mol. The van der Waals surface area contributed by atoms with Crippen LogP contribution in [0.3, 0.4) is 0 Å². The van der Waals surface area contributed by atoms with Crippen molar-refractivity contribution in [2.45, 2.75) is 39.2 Å². The Kier molecular flexibility index (Phi) is 6.76. The molecule has 0 fully saturated rings. The smallest absolute Gasteiger partial charge is 0.122 e. The first-order valence-electron chi connectivity index (χ1n) is 6.79. The summed E-state index contributed by atoms with van der Waals surface area (Å²) in [5.74, 6) is 1.37. The van der Waals surface area contributed by atoms with Crippen LogP contribution < -0.4 is 10.1 Å². The van der Waals surface area contributed by atoms with Crippen molar-refractivity contribution >= 4 is 0 Å². The van der Waals surface area contributed by atoms with Gasteiger partial charge in [0.2, 0.25) is 0 Å². The molecule has 2 atom stereocenters. The molecule has 1 aromatic carbocycles. The quantitative estimate of drug-likeness (QED) is 0.746. The summed E-state index contributed by atoms with van der Waals surface area (Å²) < 4.78 is 5.73. The molecule has 0 amide bonds. The van der Waals surface area contributed by atoms with Gasteiger partial charge in [0.05, 0.1) is 0 Å². The second-order valence-corrected chi connectivity index (χ2v) is 4.62. The summed E-state index contributed by atoms with van der Waals surface area (Å²) in [4.78, 5) is 0. The van der Waals surface area contributed by atoms with Crippen molar-refractivity contribution in [3.05, 3.63) is 29.8 Å². The Morgan fingerprint density at radius 3 is 2.67 bits per heavy atom. The maximum absolute atomic E-state index is 9.74. The van der Waals surface area contributed by atoms with Gasteiger partial charge >= 0.3 is 0 Å². The molecule has 0 saturated heterocycles. The van der Waals surface area contributed by atoms with E-state index in [0.29, 0.717) is 19.1 Å². The third-order valence-corrected chi connectivity index (χ3v) is 3.12. The topological polar surface area (TPSA) is 41.5 Å². The molecule has 0 heterocycles. The standard InChI is InChI=1S/C15H25NO2/c1-4-12(3)14-8-6-7-9-15(14)18-11-13(17)10-16-5-2/h6-9,12-13,16-17H,4-5,10-11H2,1-3H3. The molecule has 3 nitrogen and oxygen atoms in total. The van der Waals surface area contributed by atoms with Crippen LogP contribution in [0, 0.1) is 0 Å². The molecule has 2 N–H and O–H groups in total. The van der Waals surface area contributed by atoms with E-state index in [2.05, 4.69) is 25.2 Å². The fourth-order valence-corrected chi connectivity index (χ4v) is 1.79. The Morgan fingerprint density at radius 2 is 2.00 bits per heavy atom. The minimum absolute atomic E-state index is 0.334. The highest BCUT2D eigenvalue weighted by atomic mass is 16.5. The van der Waals surface area contributed by atoms with Crippen LogP contribution in [-0.4, -0.2) is 30.9 Å². The molecule has 0 saturated carbocycles. The van der Waals surface area contributed by atoms with E-state index in [4.69, 9.17) is 4.74 Å². The zero-order valence-corrected chi connectivity index (χ0v) is 11.6. The molecular weight excluding hydrogens is 226 g/mol. The number of benzene rings is 1. The highest BCUT2D eigenvalue weighted by molar-refractivity contribution is 5.35. The zero-order chi connectivity index (χ0) is 13.4. The number of aliphatic hydroxyl groups excluding tert-OH is 1. The van der Waals surface area contributed by atoms with Crippen molar-refractivity contribution in [2.24, 2.45) is 0 Å². The summed E-state index contributed by atoms with van der Waals surface area (Å²) in [5.41, 5.74) is 1.22. The number of hydrogen-bond acceptors (Lipinski definition) is 3. The minimum Gasteiger partial charge on any atom is -0.491 e. The normalized spacial score (nSPS) is 14.2. The Labute approximate surface area is 110 Å². The monoisotopic (exact) mass is 251 g/mol. The fourth-order valence-electron chi connectivity index (χ4n) is 1.79. The van der Waals surface area contributed by atoms with Gasteiger partial charge in [0.25, 0.3) is 0 Å². The van der Waals surface area contributed by atoms with Crippen LogP contribution in [0.4, 0.5) is 0 Å². The van der Waals surface area contributed by atoms with Gasteiger partial charge in [0.15, 0.2) is 0 Å². The van der Waals surface area contributed by atoms with Crippen molar-refractivity contribution in [1.82, 2.24) is 5.32 Å². The Hall–Kier alpha value is -1.06. The number of likely N-dealkylation sites (N-methyl/N-ethyl adjacent to an activating group) is 1. The SMILES string of the molecule is CCNCC(O)COc1ccccc1C(C)CC. The number of hydrogen-bond donors (Lipinski definition) is 2. The van der Waals surface area contributed by atoms with Crippen LogP contribution in [0.5, 0.6) is 5.75 Å². The second kappa shape index (κ2) is 8.11. The number of ether oxygens (including phenoxy) is 1. The lowest BCUT2D eigenvalue weighted by Gasteiger charge is -2.17. The van der Waals surface area contributed by atoms with Crippen molar-refractivity contribution in [3.63, 3.8) is 0 Å². The Bertz CT molecular complexity index is 341. The molecule has 0 spiro atoms. The van der Waals surface area contributed by atoms with E-state index >= 15 is 0 Å². The number of nitrogens with one attached hydrogen (secondary N) is 1.